The summed E-state index contributed by atoms with van der Waals surface area (Å²) in [6.45, 7) is 4.36. The summed E-state index contributed by atoms with van der Waals surface area (Å²) in [5.74, 6) is 2.28. The summed E-state index contributed by atoms with van der Waals surface area (Å²) in [6.07, 6.45) is 2.72. The predicted octanol–water partition coefficient (Wildman–Crippen LogP) is 2.74. The highest BCUT2D eigenvalue weighted by molar-refractivity contribution is 5.85. The van der Waals surface area contributed by atoms with Crippen LogP contribution in [-0.4, -0.2) is 27.5 Å². The molecule has 30 heavy (non-hydrogen) atoms. The zero-order valence-electron chi connectivity index (χ0n) is 17.7. The Labute approximate surface area is 176 Å². The third-order valence-electron chi connectivity index (χ3n) is 5.65. The lowest BCUT2D eigenvalue weighted by Crippen LogP contribution is -3.12. The number of fused-ring (bicyclic) bond motifs is 3. The highest BCUT2D eigenvalue weighted by atomic mass is 16.5. The molecule has 1 N–H and O–H groups in total. The zero-order chi connectivity index (χ0) is 21.1. The number of ether oxygens (including phenoxy) is 3. The van der Waals surface area contributed by atoms with Gasteiger partial charge in [-0.2, -0.15) is 0 Å². The SMILES string of the molecule is CCCc1cc(=O)oc2c3c(ccc12)OC[NH+](CCc1ccc(OC)c(OC)c1)C3. The summed E-state index contributed by atoms with van der Waals surface area (Å²) in [5, 5.41) is 1.01. The van der Waals surface area contributed by atoms with Crippen molar-refractivity contribution in [1.29, 1.82) is 0 Å². The van der Waals surface area contributed by atoms with Crippen LogP contribution in [0, 0.1) is 0 Å². The number of quaternary nitrogens is 1. The minimum absolute atomic E-state index is 0.295. The van der Waals surface area contributed by atoms with Crippen LogP contribution in [0.5, 0.6) is 17.2 Å². The molecular weight excluding hydrogens is 382 g/mol. The molecule has 1 aliphatic rings. The summed E-state index contributed by atoms with van der Waals surface area (Å²) >= 11 is 0. The van der Waals surface area contributed by atoms with E-state index < -0.39 is 0 Å². The molecule has 6 nitrogen and oxygen atoms in total. The first-order valence-electron chi connectivity index (χ1n) is 10.4. The predicted molar refractivity (Wildman–Crippen MR) is 115 cm³/mol. The maximum absolute atomic E-state index is 12.1. The number of nitrogens with one attached hydrogen (secondary N) is 1. The number of aryl methyl sites for hydroxylation is 1. The fraction of sp³-hybridized carbons (Fsp3) is 0.375. The summed E-state index contributed by atoms with van der Waals surface area (Å²) in [5.41, 5.74) is 3.59. The van der Waals surface area contributed by atoms with Crippen LogP contribution < -0.4 is 24.7 Å². The Bertz CT molecular complexity index is 1100. The van der Waals surface area contributed by atoms with Gasteiger partial charge >= 0.3 is 5.63 Å². The molecule has 0 saturated heterocycles. The van der Waals surface area contributed by atoms with Crippen LogP contribution in [0.4, 0.5) is 0 Å². The fourth-order valence-electron chi connectivity index (χ4n) is 4.11. The molecule has 0 saturated carbocycles. The molecule has 0 aliphatic carbocycles. The Morgan fingerprint density at radius 2 is 1.87 bits per heavy atom. The van der Waals surface area contributed by atoms with Gasteiger partial charge in [0.1, 0.15) is 12.3 Å². The maximum atomic E-state index is 12.1. The molecule has 0 radical (unpaired) electrons. The number of methoxy groups -OCH3 is 2. The topological polar surface area (TPSA) is 62.3 Å². The molecule has 6 heteroatoms. The van der Waals surface area contributed by atoms with Crippen molar-refractivity contribution in [2.45, 2.75) is 32.7 Å². The van der Waals surface area contributed by atoms with Crippen LogP contribution in [0.25, 0.3) is 11.0 Å². The maximum Gasteiger partial charge on any atom is 0.336 e. The van der Waals surface area contributed by atoms with Crippen LogP contribution in [0.2, 0.25) is 0 Å². The van der Waals surface area contributed by atoms with Crippen molar-refractivity contribution >= 4 is 11.0 Å². The molecule has 4 rings (SSSR count). The molecule has 0 amide bonds. The van der Waals surface area contributed by atoms with Gasteiger partial charge in [-0.15, -0.1) is 0 Å². The van der Waals surface area contributed by atoms with Crippen molar-refractivity contribution in [3.05, 3.63) is 63.5 Å². The monoisotopic (exact) mass is 410 g/mol. The van der Waals surface area contributed by atoms with Crippen LogP contribution in [0.1, 0.15) is 30.0 Å². The van der Waals surface area contributed by atoms with Crippen molar-refractivity contribution < 1.29 is 23.5 Å². The van der Waals surface area contributed by atoms with E-state index in [0.717, 1.165) is 66.1 Å². The van der Waals surface area contributed by atoms with E-state index in [2.05, 4.69) is 13.0 Å². The van der Waals surface area contributed by atoms with Crippen molar-refractivity contribution in [3.8, 4) is 17.2 Å². The minimum Gasteiger partial charge on any atom is -0.493 e. The molecule has 1 aromatic heterocycles. The molecule has 1 aliphatic heterocycles. The van der Waals surface area contributed by atoms with Gasteiger partial charge in [0.25, 0.3) is 0 Å². The average Bonchev–Trinajstić information content (AvgIpc) is 2.77. The first-order valence-corrected chi connectivity index (χ1v) is 10.4. The summed E-state index contributed by atoms with van der Waals surface area (Å²) < 4.78 is 22.4. The van der Waals surface area contributed by atoms with Gasteiger partial charge in [0.05, 0.1) is 26.3 Å². The molecule has 1 unspecified atom stereocenters. The Morgan fingerprint density at radius 3 is 2.63 bits per heavy atom. The smallest absolute Gasteiger partial charge is 0.336 e. The Hall–Kier alpha value is -2.99. The molecule has 158 valence electrons. The standard InChI is InChI=1S/C24H27NO5/c1-4-5-17-13-23(26)30-24-18(17)7-9-20-19(24)14-25(15-29-20)11-10-16-6-8-21(27-2)22(12-16)28-3/h6-9,12-13H,4-5,10-11,14-15H2,1-3H3/p+1. The summed E-state index contributed by atoms with van der Waals surface area (Å²) in [6, 6.07) is 11.6. The van der Waals surface area contributed by atoms with E-state index in [0.29, 0.717) is 12.3 Å². The fourth-order valence-corrected chi connectivity index (χ4v) is 4.11. The third-order valence-corrected chi connectivity index (χ3v) is 5.65. The second-order valence-electron chi connectivity index (χ2n) is 7.66. The van der Waals surface area contributed by atoms with E-state index in [1.165, 1.54) is 10.5 Å². The van der Waals surface area contributed by atoms with Crippen LogP contribution in [0.3, 0.4) is 0 Å². The summed E-state index contributed by atoms with van der Waals surface area (Å²) in [7, 11) is 3.28. The van der Waals surface area contributed by atoms with Gasteiger partial charge in [-0.3, -0.25) is 4.90 Å². The molecule has 0 bridgehead atoms. The lowest BCUT2D eigenvalue weighted by atomic mass is 10.0. The lowest BCUT2D eigenvalue weighted by molar-refractivity contribution is -0.932. The van der Waals surface area contributed by atoms with Gasteiger partial charge in [0, 0.05) is 17.9 Å². The van der Waals surface area contributed by atoms with Crippen LogP contribution in [-0.2, 0) is 19.4 Å². The molecule has 2 heterocycles. The van der Waals surface area contributed by atoms with Crippen LogP contribution in [0.15, 0.2) is 45.6 Å². The van der Waals surface area contributed by atoms with Gasteiger partial charge in [-0.1, -0.05) is 19.4 Å². The van der Waals surface area contributed by atoms with Gasteiger partial charge in [-0.05, 0) is 41.8 Å². The molecule has 1 atom stereocenters. The molecule has 3 aromatic rings. The minimum atomic E-state index is -0.295. The zero-order valence-corrected chi connectivity index (χ0v) is 17.7. The Morgan fingerprint density at radius 1 is 1.03 bits per heavy atom. The molecule has 2 aromatic carbocycles. The second-order valence-corrected chi connectivity index (χ2v) is 7.66. The van der Waals surface area contributed by atoms with E-state index in [1.807, 2.05) is 24.3 Å². The molecular formula is C24H28NO5+. The van der Waals surface area contributed by atoms with Gasteiger partial charge in [0.2, 0.25) is 6.73 Å². The van der Waals surface area contributed by atoms with E-state index in [9.17, 15) is 4.79 Å². The van der Waals surface area contributed by atoms with Crippen molar-refractivity contribution in [2.75, 3.05) is 27.5 Å². The van der Waals surface area contributed by atoms with Gasteiger partial charge in [0.15, 0.2) is 17.1 Å². The van der Waals surface area contributed by atoms with Gasteiger partial charge < -0.3 is 18.6 Å². The van der Waals surface area contributed by atoms with E-state index in [4.69, 9.17) is 18.6 Å². The second kappa shape index (κ2) is 8.79. The molecule has 0 spiro atoms. The van der Waals surface area contributed by atoms with Crippen LogP contribution >= 0.6 is 0 Å². The highest BCUT2D eigenvalue weighted by Crippen LogP contribution is 2.30. The van der Waals surface area contributed by atoms with E-state index in [-0.39, 0.29) is 5.63 Å². The first kappa shape index (κ1) is 20.3. The number of hydrogen-bond acceptors (Lipinski definition) is 5. The lowest BCUT2D eigenvalue weighted by Gasteiger charge is -2.26. The normalized spacial score (nSPS) is 15.5. The largest absolute Gasteiger partial charge is 0.493 e. The highest BCUT2D eigenvalue weighted by Gasteiger charge is 2.25. The van der Waals surface area contributed by atoms with Crippen molar-refractivity contribution in [3.63, 3.8) is 0 Å². The number of hydrogen-bond donors (Lipinski definition) is 1. The van der Waals surface area contributed by atoms with Crippen molar-refractivity contribution in [2.24, 2.45) is 0 Å². The molecule has 0 fully saturated rings. The number of rotatable bonds is 7. The first-order chi connectivity index (χ1) is 14.6. The van der Waals surface area contributed by atoms with E-state index in [1.54, 1.807) is 20.3 Å². The third kappa shape index (κ3) is 4.00. The Balaban J connectivity index is 1.56. The average molecular weight is 410 g/mol. The van der Waals surface area contributed by atoms with Crippen molar-refractivity contribution in [1.82, 2.24) is 0 Å². The Kier molecular flexibility index (Phi) is 5.95. The van der Waals surface area contributed by atoms with E-state index >= 15 is 0 Å². The quantitative estimate of drug-likeness (QED) is 0.607. The number of benzene rings is 2. The van der Waals surface area contributed by atoms with Gasteiger partial charge in [-0.25, -0.2) is 4.79 Å². The summed E-state index contributed by atoms with van der Waals surface area (Å²) in [4.78, 5) is 13.4.